The highest BCUT2D eigenvalue weighted by molar-refractivity contribution is 5.94. The van der Waals surface area contributed by atoms with E-state index < -0.39 is 18.7 Å². The van der Waals surface area contributed by atoms with Crippen LogP contribution in [0.2, 0.25) is 0 Å². The lowest BCUT2D eigenvalue weighted by Crippen LogP contribution is -2.28. The predicted molar refractivity (Wildman–Crippen MR) is 61.8 cm³/mol. The van der Waals surface area contributed by atoms with Crippen molar-refractivity contribution in [1.82, 2.24) is 5.32 Å². The fourth-order valence-corrected chi connectivity index (χ4v) is 1.56. The molecule has 1 amide bonds. The first-order valence-electron chi connectivity index (χ1n) is 5.78. The maximum absolute atomic E-state index is 11.8. The van der Waals surface area contributed by atoms with Crippen LogP contribution in [0.3, 0.4) is 0 Å². The summed E-state index contributed by atoms with van der Waals surface area (Å²) in [6.07, 6.45) is -4.36. The molecule has 110 valence electrons. The van der Waals surface area contributed by atoms with Gasteiger partial charge in [0.05, 0.1) is 6.61 Å². The Balaban J connectivity index is 1.75. The van der Waals surface area contributed by atoms with E-state index in [0.717, 1.165) is 0 Å². The summed E-state index contributed by atoms with van der Waals surface area (Å²) in [7, 11) is 0. The molecule has 20 heavy (non-hydrogen) atoms. The second-order valence-corrected chi connectivity index (χ2v) is 3.99. The van der Waals surface area contributed by atoms with Crippen LogP contribution in [0, 0.1) is 0 Å². The zero-order valence-corrected chi connectivity index (χ0v) is 10.3. The van der Waals surface area contributed by atoms with E-state index in [9.17, 15) is 18.0 Å². The number of nitrogens with one attached hydrogen (secondary N) is 1. The number of carbonyl (C=O) groups is 1. The fourth-order valence-electron chi connectivity index (χ4n) is 1.56. The third-order valence-electron chi connectivity index (χ3n) is 2.43. The van der Waals surface area contributed by atoms with Crippen LogP contribution >= 0.6 is 0 Å². The van der Waals surface area contributed by atoms with Crippen LogP contribution < -0.4 is 14.8 Å². The number of carbonyl (C=O) groups excluding carboxylic acids is 1. The Morgan fingerprint density at radius 3 is 2.80 bits per heavy atom. The van der Waals surface area contributed by atoms with Crippen LogP contribution in [-0.4, -0.2) is 38.6 Å². The van der Waals surface area contributed by atoms with Gasteiger partial charge < -0.3 is 19.5 Å². The second kappa shape index (κ2) is 6.00. The zero-order chi connectivity index (χ0) is 14.6. The first kappa shape index (κ1) is 14.4. The van der Waals surface area contributed by atoms with Gasteiger partial charge in [0.1, 0.15) is 6.61 Å². The monoisotopic (exact) mass is 291 g/mol. The molecule has 1 heterocycles. The van der Waals surface area contributed by atoms with Gasteiger partial charge in [0.15, 0.2) is 11.5 Å². The van der Waals surface area contributed by atoms with E-state index in [1.54, 1.807) is 12.1 Å². The van der Waals surface area contributed by atoms with Crippen molar-refractivity contribution in [3.8, 4) is 11.5 Å². The molecular weight excluding hydrogens is 279 g/mol. The highest BCUT2D eigenvalue weighted by Crippen LogP contribution is 2.32. The molecule has 0 spiro atoms. The lowest BCUT2D eigenvalue weighted by Gasteiger charge is -2.08. The molecule has 0 saturated heterocycles. The summed E-state index contributed by atoms with van der Waals surface area (Å²) in [5, 5.41) is 2.45. The predicted octanol–water partition coefficient (Wildman–Crippen LogP) is 1.72. The summed E-state index contributed by atoms with van der Waals surface area (Å²) in [6.45, 7) is -1.45. The molecule has 0 saturated carbocycles. The van der Waals surface area contributed by atoms with Crippen molar-refractivity contribution < 1.29 is 32.2 Å². The molecule has 0 atom stereocenters. The molecule has 0 bridgehead atoms. The first-order chi connectivity index (χ1) is 9.46. The summed E-state index contributed by atoms with van der Waals surface area (Å²) in [5.41, 5.74) is 0.338. The molecule has 0 fully saturated rings. The molecule has 0 radical (unpaired) electrons. The number of fused-ring (bicyclic) bond motifs is 1. The molecule has 1 aliphatic rings. The highest BCUT2D eigenvalue weighted by atomic mass is 19.4. The Morgan fingerprint density at radius 1 is 1.30 bits per heavy atom. The Bertz CT molecular complexity index is 490. The molecule has 5 nitrogen and oxygen atoms in total. The lowest BCUT2D eigenvalue weighted by atomic mass is 10.2. The molecule has 1 aliphatic heterocycles. The van der Waals surface area contributed by atoms with Crippen molar-refractivity contribution >= 4 is 5.91 Å². The molecular formula is C12H12F3NO4. The smallest absolute Gasteiger partial charge is 0.411 e. The average molecular weight is 291 g/mol. The third-order valence-corrected chi connectivity index (χ3v) is 2.43. The molecule has 1 aromatic rings. The van der Waals surface area contributed by atoms with Crippen molar-refractivity contribution in [3.05, 3.63) is 23.8 Å². The minimum absolute atomic E-state index is 0.0106. The van der Waals surface area contributed by atoms with E-state index in [4.69, 9.17) is 9.47 Å². The molecule has 1 aromatic carbocycles. The van der Waals surface area contributed by atoms with E-state index in [-0.39, 0.29) is 19.9 Å². The summed E-state index contributed by atoms with van der Waals surface area (Å²) >= 11 is 0. The van der Waals surface area contributed by atoms with Crippen LogP contribution in [0.4, 0.5) is 13.2 Å². The Kier molecular flexibility index (Phi) is 4.33. The number of halogens is 3. The molecule has 0 unspecified atom stereocenters. The summed E-state index contributed by atoms with van der Waals surface area (Å²) < 4.78 is 50.0. The van der Waals surface area contributed by atoms with E-state index >= 15 is 0 Å². The Labute approximate surface area is 112 Å². The SMILES string of the molecule is O=C(NCCOCC(F)(F)F)c1ccc2c(c1)OCO2. The number of ether oxygens (including phenoxy) is 3. The van der Waals surface area contributed by atoms with Gasteiger partial charge in [0.2, 0.25) is 6.79 Å². The number of rotatable bonds is 5. The van der Waals surface area contributed by atoms with Gasteiger partial charge in [-0.3, -0.25) is 4.79 Å². The normalized spacial score (nSPS) is 13.3. The van der Waals surface area contributed by atoms with Crippen molar-refractivity contribution in [2.45, 2.75) is 6.18 Å². The van der Waals surface area contributed by atoms with Gasteiger partial charge in [0, 0.05) is 12.1 Å². The summed E-state index contributed by atoms with van der Waals surface area (Å²) in [5.74, 6) is 0.597. The van der Waals surface area contributed by atoms with Gasteiger partial charge in [-0.05, 0) is 18.2 Å². The second-order valence-electron chi connectivity index (χ2n) is 3.99. The summed E-state index contributed by atoms with van der Waals surface area (Å²) in [4.78, 5) is 11.7. The van der Waals surface area contributed by atoms with Crippen molar-refractivity contribution in [1.29, 1.82) is 0 Å². The van der Waals surface area contributed by atoms with Crippen LogP contribution in [0.15, 0.2) is 18.2 Å². The Morgan fingerprint density at radius 2 is 2.05 bits per heavy atom. The maximum Gasteiger partial charge on any atom is 0.411 e. The topological polar surface area (TPSA) is 56.8 Å². The standard InChI is InChI=1S/C12H12F3NO4/c13-12(14,15)6-18-4-3-16-11(17)8-1-2-9-10(5-8)20-7-19-9/h1-2,5H,3-4,6-7H2,(H,16,17). The average Bonchev–Trinajstić information content (AvgIpc) is 2.83. The third kappa shape index (κ3) is 4.02. The molecule has 1 N–H and O–H groups in total. The fraction of sp³-hybridized carbons (Fsp3) is 0.417. The van der Waals surface area contributed by atoms with Crippen molar-refractivity contribution in [3.63, 3.8) is 0 Å². The number of amides is 1. The highest BCUT2D eigenvalue weighted by Gasteiger charge is 2.27. The van der Waals surface area contributed by atoms with Gasteiger partial charge >= 0.3 is 6.18 Å². The molecule has 0 aliphatic carbocycles. The largest absolute Gasteiger partial charge is 0.454 e. The summed E-state index contributed by atoms with van der Waals surface area (Å²) in [6, 6.07) is 4.64. The van der Waals surface area contributed by atoms with E-state index in [1.165, 1.54) is 6.07 Å². The van der Waals surface area contributed by atoms with E-state index in [1.807, 2.05) is 0 Å². The van der Waals surface area contributed by atoms with Gasteiger partial charge in [-0.15, -0.1) is 0 Å². The Hall–Kier alpha value is -1.96. The van der Waals surface area contributed by atoms with Crippen molar-refractivity contribution in [2.75, 3.05) is 26.6 Å². The molecule has 8 heteroatoms. The van der Waals surface area contributed by atoms with E-state index in [2.05, 4.69) is 10.1 Å². The number of hydrogen-bond donors (Lipinski definition) is 1. The van der Waals surface area contributed by atoms with Gasteiger partial charge in [-0.25, -0.2) is 0 Å². The lowest BCUT2D eigenvalue weighted by molar-refractivity contribution is -0.173. The quantitative estimate of drug-likeness (QED) is 0.839. The molecule has 2 rings (SSSR count). The zero-order valence-electron chi connectivity index (χ0n) is 10.3. The van der Waals surface area contributed by atoms with Crippen molar-refractivity contribution in [2.24, 2.45) is 0 Å². The van der Waals surface area contributed by atoms with E-state index in [0.29, 0.717) is 17.1 Å². The first-order valence-corrected chi connectivity index (χ1v) is 5.78. The van der Waals surface area contributed by atoms with Gasteiger partial charge in [0.25, 0.3) is 5.91 Å². The van der Waals surface area contributed by atoms with Crippen LogP contribution in [0.1, 0.15) is 10.4 Å². The van der Waals surface area contributed by atoms with Crippen LogP contribution in [-0.2, 0) is 4.74 Å². The minimum Gasteiger partial charge on any atom is -0.454 e. The number of benzene rings is 1. The maximum atomic E-state index is 11.8. The van der Waals surface area contributed by atoms with Crippen LogP contribution in [0.5, 0.6) is 11.5 Å². The number of hydrogen-bond acceptors (Lipinski definition) is 4. The minimum atomic E-state index is -4.36. The van der Waals surface area contributed by atoms with Gasteiger partial charge in [-0.2, -0.15) is 13.2 Å². The molecule has 0 aromatic heterocycles. The van der Waals surface area contributed by atoms with Crippen LogP contribution in [0.25, 0.3) is 0 Å². The number of alkyl halides is 3. The van der Waals surface area contributed by atoms with Gasteiger partial charge in [-0.1, -0.05) is 0 Å².